The first-order valence-electron chi connectivity index (χ1n) is 6.60. The van der Waals surface area contributed by atoms with Gasteiger partial charge in [-0.1, -0.05) is 72.8 Å². The third-order valence-electron chi connectivity index (χ3n) is 3.18. The highest BCUT2D eigenvalue weighted by atomic mass is 16.1. The molecule has 0 bridgehead atoms. The maximum absolute atomic E-state index is 10.8. The molecular formula is C18H18O. The topological polar surface area (TPSA) is 17.1 Å². The highest BCUT2D eigenvalue weighted by molar-refractivity contribution is 5.53. The fourth-order valence-corrected chi connectivity index (χ4v) is 2.14. The van der Waals surface area contributed by atoms with Crippen LogP contribution in [0.25, 0.3) is 6.08 Å². The third-order valence-corrected chi connectivity index (χ3v) is 3.18. The van der Waals surface area contributed by atoms with Crippen LogP contribution in [0.15, 0.2) is 66.7 Å². The lowest BCUT2D eigenvalue weighted by Gasteiger charge is -2.11. The van der Waals surface area contributed by atoms with Crippen LogP contribution >= 0.6 is 0 Å². The van der Waals surface area contributed by atoms with Crippen molar-refractivity contribution in [1.82, 2.24) is 0 Å². The summed E-state index contributed by atoms with van der Waals surface area (Å²) in [5.74, 6) is 0.277. The number of carbonyl (C=O) groups is 1. The zero-order chi connectivity index (χ0) is 13.3. The molecule has 0 radical (unpaired) electrons. The van der Waals surface area contributed by atoms with Crippen molar-refractivity contribution in [2.24, 2.45) is 0 Å². The van der Waals surface area contributed by atoms with Crippen molar-refractivity contribution in [2.45, 2.75) is 18.8 Å². The van der Waals surface area contributed by atoms with E-state index in [1.807, 2.05) is 36.4 Å². The molecule has 0 aliphatic rings. The van der Waals surface area contributed by atoms with E-state index in [1.54, 1.807) is 0 Å². The maximum Gasteiger partial charge on any atom is 0.120 e. The number of hydrogen-bond donors (Lipinski definition) is 0. The Morgan fingerprint density at radius 2 is 1.47 bits per heavy atom. The quantitative estimate of drug-likeness (QED) is 0.692. The van der Waals surface area contributed by atoms with Gasteiger partial charge in [0, 0.05) is 6.42 Å². The Hall–Kier alpha value is -2.15. The number of allylic oxidation sites excluding steroid dienone is 1. The average Bonchev–Trinajstić information content (AvgIpc) is 2.48. The van der Waals surface area contributed by atoms with Gasteiger partial charge in [0.25, 0.3) is 0 Å². The lowest BCUT2D eigenvalue weighted by atomic mass is 9.93. The summed E-state index contributed by atoms with van der Waals surface area (Å²) in [4.78, 5) is 10.8. The summed E-state index contributed by atoms with van der Waals surface area (Å²) < 4.78 is 0. The molecule has 1 atom stereocenters. The summed E-state index contributed by atoms with van der Waals surface area (Å²) in [7, 11) is 0. The van der Waals surface area contributed by atoms with Crippen molar-refractivity contribution >= 4 is 12.4 Å². The van der Waals surface area contributed by atoms with Crippen LogP contribution < -0.4 is 0 Å². The molecule has 0 saturated carbocycles. The van der Waals surface area contributed by atoms with Crippen LogP contribution in [0.4, 0.5) is 0 Å². The molecule has 0 aromatic heterocycles. The van der Waals surface area contributed by atoms with Gasteiger partial charge in [0.15, 0.2) is 0 Å². The van der Waals surface area contributed by atoms with Crippen molar-refractivity contribution in [2.75, 3.05) is 0 Å². The molecule has 2 aromatic carbocycles. The summed E-state index contributed by atoms with van der Waals surface area (Å²) in [5, 5.41) is 0. The SMILES string of the molecule is O=CC[C@H](C/C=C/c1ccccc1)c1ccccc1. The van der Waals surface area contributed by atoms with Crippen LogP contribution in [-0.4, -0.2) is 6.29 Å². The van der Waals surface area contributed by atoms with Crippen LogP contribution in [0, 0.1) is 0 Å². The molecule has 19 heavy (non-hydrogen) atoms. The molecular weight excluding hydrogens is 232 g/mol. The predicted octanol–water partition coefficient (Wildman–Crippen LogP) is 4.46. The molecule has 0 spiro atoms. The van der Waals surface area contributed by atoms with Crippen LogP contribution in [0.5, 0.6) is 0 Å². The molecule has 2 rings (SSSR count). The van der Waals surface area contributed by atoms with Gasteiger partial charge in [0.1, 0.15) is 6.29 Å². The Morgan fingerprint density at radius 1 is 0.842 bits per heavy atom. The molecule has 0 amide bonds. The molecule has 96 valence electrons. The van der Waals surface area contributed by atoms with Crippen molar-refractivity contribution in [3.8, 4) is 0 Å². The zero-order valence-electron chi connectivity index (χ0n) is 10.9. The molecule has 0 heterocycles. The minimum atomic E-state index is 0.277. The van der Waals surface area contributed by atoms with Gasteiger partial charge in [-0.15, -0.1) is 0 Å². The minimum absolute atomic E-state index is 0.277. The second-order valence-electron chi connectivity index (χ2n) is 4.56. The van der Waals surface area contributed by atoms with Gasteiger partial charge in [-0.25, -0.2) is 0 Å². The number of aldehydes is 1. The third kappa shape index (κ3) is 4.22. The first-order chi connectivity index (χ1) is 9.40. The molecule has 0 aliphatic heterocycles. The first kappa shape index (κ1) is 13.3. The molecule has 0 N–H and O–H groups in total. The van der Waals surface area contributed by atoms with Crippen molar-refractivity contribution in [3.63, 3.8) is 0 Å². The zero-order valence-corrected chi connectivity index (χ0v) is 10.9. The van der Waals surface area contributed by atoms with Crippen LogP contribution in [-0.2, 0) is 4.79 Å². The van der Waals surface area contributed by atoms with Crippen molar-refractivity contribution in [1.29, 1.82) is 0 Å². The summed E-state index contributed by atoms with van der Waals surface area (Å²) in [6, 6.07) is 20.4. The number of benzene rings is 2. The lowest BCUT2D eigenvalue weighted by molar-refractivity contribution is -0.108. The largest absolute Gasteiger partial charge is 0.303 e. The maximum atomic E-state index is 10.8. The molecule has 0 unspecified atom stereocenters. The monoisotopic (exact) mass is 250 g/mol. The van der Waals surface area contributed by atoms with E-state index in [2.05, 4.69) is 36.4 Å². The smallest absolute Gasteiger partial charge is 0.120 e. The van der Waals surface area contributed by atoms with Gasteiger partial charge in [-0.3, -0.25) is 0 Å². The Labute approximate surface area is 114 Å². The number of rotatable bonds is 6. The van der Waals surface area contributed by atoms with Gasteiger partial charge in [-0.2, -0.15) is 0 Å². The Bertz CT molecular complexity index is 514. The van der Waals surface area contributed by atoms with E-state index in [0.29, 0.717) is 6.42 Å². The van der Waals surface area contributed by atoms with E-state index in [-0.39, 0.29) is 5.92 Å². The highest BCUT2D eigenvalue weighted by Crippen LogP contribution is 2.23. The van der Waals surface area contributed by atoms with Gasteiger partial charge in [0.05, 0.1) is 0 Å². The number of hydrogen-bond acceptors (Lipinski definition) is 1. The summed E-state index contributed by atoms with van der Waals surface area (Å²) >= 11 is 0. The van der Waals surface area contributed by atoms with Crippen molar-refractivity contribution < 1.29 is 4.79 Å². The van der Waals surface area contributed by atoms with E-state index >= 15 is 0 Å². The normalized spacial score (nSPS) is 12.4. The van der Waals surface area contributed by atoms with E-state index in [4.69, 9.17) is 0 Å². The Morgan fingerprint density at radius 3 is 2.11 bits per heavy atom. The molecule has 1 nitrogen and oxygen atoms in total. The number of carbonyl (C=O) groups excluding carboxylic acids is 1. The van der Waals surface area contributed by atoms with Crippen LogP contribution in [0.3, 0.4) is 0 Å². The Kier molecular flexibility index (Phi) is 5.12. The van der Waals surface area contributed by atoms with Gasteiger partial charge in [-0.05, 0) is 23.5 Å². The van der Waals surface area contributed by atoms with Crippen LogP contribution in [0.1, 0.15) is 29.9 Å². The standard InChI is InChI=1S/C18H18O/c19-15-14-18(17-11-5-2-6-12-17)13-7-10-16-8-3-1-4-9-16/h1-12,15,18H,13-14H2/b10-7+/t18-/m0/s1. The fourth-order valence-electron chi connectivity index (χ4n) is 2.14. The average molecular weight is 250 g/mol. The minimum Gasteiger partial charge on any atom is -0.303 e. The van der Waals surface area contributed by atoms with Crippen molar-refractivity contribution in [3.05, 3.63) is 77.9 Å². The second kappa shape index (κ2) is 7.32. The summed E-state index contributed by atoms with van der Waals surface area (Å²) in [6.07, 6.45) is 6.73. The van der Waals surface area contributed by atoms with Crippen LogP contribution in [0.2, 0.25) is 0 Å². The molecule has 0 saturated heterocycles. The fraction of sp³-hybridized carbons (Fsp3) is 0.167. The predicted molar refractivity (Wildman–Crippen MR) is 80.0 cm³/mol. The Balaban J connectivity index is 2.02. The summed E-state index contributed by atoms with van der Waals surface area (Å²) in [5.41, 5.74) is 2.42. The van der Waals surface area contributed by atoms with Gasteiger partial charge < -0.3 is 4.79 Å². The molecule has 1 heteroatoms. The van der Waals surface area contributed by atoms with E-state index in [0.717, 1.165) is 12.7 Å². The molecule has 0 fully saturated rings. The van der Waals surface area contributed by atoms with E-state index in [9.17, 15) is 4.79 Å². The van der Waals surface area contributed by atoms with E-state index in [1.165, 1.54) is 11.1 Å². The first-order valence-corrected chi connectivity index (χ1v) is 6.60. The lowest BCUT2D eigenvalue weighted by Crippen LogP contribution is -1.98. The van der Waals surface area contributed by atoms with E-state index < -0.39 is 0 Å². The van der Waals surface area contributed by atoms with Gasteiger partial charge >= 0.3 is 0 Å². The van der Waals surface area contributed by atoms with Gasteiger partial charge in [0.2, 0.25) is 0 Å². The molecule has 0 aliphatic carbocycles. The summed E-state index contributed by atoms with van der Waals surface area (Å²) in [6.45, 7) is 0. The second-order valence-corrected chi connectivity index (χ2v) is 4.56. The molecule has 2 aromatic rings. The highest BCUT2D eigenvalue weighted by Gasteiger charge is 2.08.